The molecule has 1 N–H and O–H groups in total. The smallest absolute Gasteiger partial charge is 0.0430 e. The molecule has 0 heterocycles. The normalized spacial score (nSPS) is 8.92. The van der Waals surface area contributed by atoms with Crippen molar-refractivity contribution in [3.8, 4) is 0 Å². The van der Waals surface area contributed by atoms with Gasteiger partial charge in [0.15, 0.2) is 0 Å². The second kappa shape index (κ2) is 7.81. The number of hydrogen-bond acceptors (Lipinski definition) is 1. The summed E-state index contributed by atoms with van der Waals surface area (Å²) in [5.74, 6) is 0. The summed E-state index contributed by atoms with van der Waals surface area (Å²) in [7, 11) is 0. The van der Waals surface area contributed by atoms with E-state index in [1.165, 1.54) is 11.1 Å². The molecular weight excluding hydrogens is 160 g/mol. The SMILES string of the molecule is CCCCO.Cc1cccc(C)c1. The number of aliphatic hydroxyl groups excluding tert-OH is 1. The third-order valence-corrected chi connectivity index (χ3v) is 1.69. The van der Waals surface area contributed by atoms with Crippen molar-refractivity contribution in [1.29, 1.82) is 0 Å². The molecule has 0 fully saturated rings. The van der Waals surface area contributed by atoms with Crippen molar-refractivity contribution in [2.75, 3.05) is 6.61 Å². The fraction of sp³-hybridized carbons (Fsp3) is 0.500. The molecule has 74 valence electrons. The highest BCUT2D eigenvalue weighted by atomic mass is 16.2. The first-order valence-electron chi connectivity index (χ1n) is 4.84. The Morgan fingerprint density at radius 3 is 1.85 bits per heavy atom. The van der Waals surface area contributed by atoms with Gasteiger partial charge >= 0.3 is 0 Å². The van der Waals surface area contributed by atoms with Crippen molar-refractivity contribution in [1.82, 2.24) is 0 Å². The van der Waals surface area contributed by atoms with E-state index in [4.69, 9.17) is 5.11 Å². The standard InChI is InChI=1S/C8H10.C4H10O/c1-7-4-3-5-8(2)6-7;1-2-3-4-5/h3-6H,1-2H3;5H,2-4H2,1H3. The molecule has 0 saturated heterocycles. The fourth-order valence-electron chi connectivity index (χ4n) is 0.965. The van der Waals surface area contributed by atoms with E-state index in [-0.39, 0.29) is 0 Å². The largest absolute Gasteiger partial charge is 0.396 e. The summed E-state index contributed by atoms with van der Waals surface area (Å²) in [6.45, 7) is 6.60. The van der Waals surface area contributed by atoms with Crippen molar-refractivity contribution in [3.05, 3.63) is 35.4 Å². The lowest BCUT2D eigenvalue weighted by Gasteiger charge is -1.90. The van der Waals surface area contributed by atoms with Gasteiger partial charge in [0.2, 0.25) is 0 Å². The Bertz CT molecular complexity index is 199. The van der Waals surface area contributed by atoms with Crippen LogP contribution in [0, 0.1) is 13.8 Å². The first-order valence-corrected chi connectivity index (χ1v) is 4.84. The van der Waals surface area contributed by atoms with Crippen LogP contribution in [0.4, 0.5) is 0 Å². The summed E-state index contributed by atoms with van der Waals surface area (Å²) >= 11 is 0. The number of hydrogen-bond donors (Lipinski definition) is 1. The molecule has 13 heavy (non-hydrogen) atoms. The minimum absolute atomic E-state index is 0.344. The van der Waals surface area contributed by atoms with Crippen molar-refractivity contribution in [2.24, 2.45) is 0 Å². The molecule has 0 spiro atoms. The summed E-state index contributed by atoms with van der Waals surface area (Å²) in [5, 5.41) is 8.07. The first-order chi connectivity index (χ1) is 6.20. The van der Waals surface area contributed by atoms with Gasteiger partial charge in [0.25, 0.3) is 0 Å². The van der Waals surface area contributed by atoms with Gasteiger partial charge in [0.05, 0.1) is 0 Å². The Kier molecular flexibility index (Phi) is 7.32. The van der Waals surface area contributed by atoms with E-state index in [1.54, 1.807) is 0 Å². The summed E-state index contributed by atoms with van der Waals surface area (Å²) in [6.07, 6.45) is 2.04. The van der Waals surface area contributed by atoms with E-state index in [1.807, 2.05) is 0 Å². The zero-order chi connectivity index (χ0) is 10.1. The monoisotopic (exact) mass is 180 g/mol. The fourth-order valence-corrected chi connectivity index (χ4v) is 0.965. The van der Waals surface area contributed by atoms with Crippen LogP contribution in [0.2, 0.25) is 0 Å². The van der Waals surface area contributed by atoms with E-state index >= 15 is 0 Å². The second-order valence-electron chi connectivity index (χ2n) is 3.24. The van der Waals surface area contributed by atoms with Gasteiger partial charge in [-0.3, -0.25) is 0 Å². The molecule has 1 aromatic rings. The minimum atomic E-state index is 0.344. The molecule has 1 aromatic carbocycles. The molecular formula is C12H20O. The predicted molar refractivity (Wildman–Crippen MR) is 57.9 cm³/mol. The van der Waals surface area contributed by atoms with Crippen molar-refractivity contribution >= 4 is 0 Å². The Morgan fingerprint density at radius 2 is 1.69 bits per heavy atom. The first kappa shape index (κ1) is 12.2. The van der Waals surface area contributed by atoms with Crippen molar-refractivity contribution < 1.29 is 5.11 Å². The summed E-state index contributed by atoms with van der Waals surface area (Å²) in [4.78, 5) is 0. The summed E-state index contributed by atoms with van der Waals surface area (Å²) < 4.78 is 0. The molecule has 0 amide bonds. The van der Waals surface area contributed by atoms with Crippen molar-refractivity contribution in [2.45, 2.75) is 33.6 Å². The molecule has 0 radical (unpaired) electrons. The maximum absolute atomic E-state index is 8.07. The van der Waals surface area contributed by atoms with Crippen LogP contribution in [-0.4, -0.2) is 11.7 Å². The number of rotatable bonds is 2. The molecule has 0 aliphatic carbocycles. The molecule has 0 aromatic heterocycles. The van der Waals surface area contributed by atoms with Crippen LogP contribution in [0.3, 0.4) is 0 Å². The van der Waals surface area contributed by atoms with Crippen LogP contribution in [-0.2, 0) is 0 Å². The topological polar surface area (TPSA) is 20.2 Å². The Balaban J connectivity index is 0.000000252. The molecule has 0 atom stereocenters. The molecule has 1 nitrogen and oxygen atoms in total. The number of aliphatic hydroxyl groups is 1. The third kappa shape index (κ3) is 7.54. The molecule has 0 bridgehead atoms. The van der Waals surface area contributed by atoms with E-state index in [0.717, 1.165) is 12.8 Å². The predicted octanol–water partition coefficient (Wildman–Crippen LogP) is 3.08. The second-order valence-corrected chi connectivity index (χ2v) is 3.24. The number of unbranched alkanes of at least 4 members (excludes halogenated alkanes) is 1. The number of aryl methyl sites for hydroxylation is 2. The van der Waals surface area contributed by atoms with Crippen LogP contribution in [0.25, 0.3) is 0 Å². The van der Waals surface area contributed by atoms with Gasteiger partial charge in [0, 0.05) is 6.61 Å². The van der Waals surface area contributed by atoms with E-state index < -0.39 is 0 Å². The molecule has 1 rings (SSSR count). The average molecular weight is 180 g/mol. The highest BCUT2D eigenvalue weighted by molar-refractivity contribution is 5.20. The van der Waals surface area contributed by atoms with Crippen LogP contribution in [0.15, 0.2) is 24.3 Å². The van der Waals surface area contributed by atoms with Crippen LogP contribution >= 0.6 is 0 Å². The van der Waals surface area contributed by atoms with Crippen LogP contribution in [0.5, 0.6) is 0 Å². The lowest BCUT2D eigenvalue weighted by atomic mass is 10.2. The lowest BCUT2D eigenvalue weighted by molar-refractivity contribution is 0.287. The van der Waals surface area contributed by atoms with Gasteiger partial charge < -0.3 is 5.11 Å². The molecule has 1 heteroatoms. The Labute approximate surface area is 81.4 Å². The Hall–Kier alpha value is -0.820. The maximum atomic E-state index is 8.07. The van der Waals surface area contributed by atoms with Crippen LogP contribution in [0.1, 0.15) is 30.9 Å². The van der Waals surface area contributed by atoms with E-state index in [9.17, 15) is 0 Å². The Morgan fingerprint density at radius 1 is 1.15 bits per heavy atom. The highest BCUT2D eigenvalue weighted by Crippen LogP contribution is 2.00. The summed E-state index contributed by atoms with van der Waals surface area (Å²) in [5.41, 5.74) is 2.68. The molecule has 0 saturated carbocycles. The third-order valence-electron chi connectivity index (χ3n) is 1.69. The molecule has 0 aliphatic heterocycles. The highest BCUT2D eigenvalue weighted by Gasteiger charge is 1.80. The van der Waals surface area contributed by atoms with E-state index in [2.05, 4.69) is 45.0 Å². The van der Waals surface area contributed by atoms with Crippen LogP contribution < -0.4 is 0 Å². The van der Waals surface area contributed by atoms with Crippen molar-refractivity contribution in [3.63, 3.8) is 0 Å². The van der Waals surface area contributed by atoms with Gasteiger partial charge in [-0.15, -0.1) is 0 Å². The molecule has 0 unspecified atom stereocenters. The summed E-state index contributed by atoms with van der Waals surface area (Å²) in [6, 6.07) is 8.45. The molecule has 0 aliphatic rings. The zero-order valence-corrected chi connectivity index (χ0v) is 8.88. The van der Waals surface area contributed by atoms with E-state index in [0.29, 0.717) is 6.61 Å². The average Bonchev–Trinajstić information content (AvgIpc) is 2.06. The number of benzene rings is 1. The zero-order valence-electron chi connectivity index (χ0n) is 8.88. The van der Waals surface area contributed by atoms with Gasteiger partial charge in [0.1, 0.15) is 0 Å². The van der Waals surface area contributed by atoms with Gasteiger partial charge in [-0.2, -0.15) is 0 Å². The quantitative estimate of drug-likeness (QED) is 0.741. The maximum Gasteiger partial charge on any atom is 0.0430 e. The lowest BCUT2D eigenvalue weighted by Crippen LogP contribution is -1.75. The van der Waals surface area contributed by atoms with Gasteiger partial charge in [-0.25, -0.2) is 0 Å². The van der Waals surface area contributed by atoms with Gasteiger partial charge in [-0.1, -0.05) is 48.7 Å². The van der Waals surface area contributed by atoms with Gasteiger partial charge in [-0.05, 0) is 20.3 Å². The minimum Gasteiger partial charge on any atom is -0.396 e.